The second-order valence-corrected chi connectivity index (χ2v) is 3.39. The maximum Gasteiger partial charge on any atom is 0.274 e. The van der Waals surface area contributed by atoms with Crippen LogP contribution in [0.15, 0.2) is 0 Å². The molecule has 0 aromatic rings. The van der Waals surface area contributed by atoms with E-state index >= 15 is 0 Å². The Kier molecular flexibility index (Phi) is 4.14. The van der Waals surface area contributed by atoms with Crippen LogP contribution in [0.3, 0.4) is 0 Å². The van der Waals surface area contributed by atoms with Gasteiger partial charge < -0.3 is 5.11 Å². The molecule has 10 heavy (non-hydrogen) atoms. The zero-order chi connectivity index (χ0) is 8.20. The zero-order valence-electron chi connectivity index (χ0n) is 5.12. The predicted octanol–water partition coefficient (Wildman–Crippen LogP) is -1.62. The molecule has 0 aromatic heterocycles. The molecule has 0 spiro atoms. The van der Waals surface area contributed by atoms with Crippen molar-refractivity contribution < 1.29 is 13.5 Å². The first-order chi connectivity index (χ1) is 4.45. The van der Waals surface area contributed by atoms with Gasteiger partial charge in [0.05, 0.1) is 6.10 Å². The van der Waals surface area contributed by atoms with Crippen LogP contribution in [0.1, 0.15) is 0 Å². The molecule has 7 heteroatoms. The van der Waals surface area contributed by atoms with Crippen molar-refractivity contribution in [3.63, 3.8) is 0 Å². The maximum absolute atomic E-state index is 10.2. The Balaban J connectivity index is 3.56. The van der Waals surface area contributed by atoms with E-state index in [1.807, 2.05) is 4.72 Å². The molecule has 0 aromatic carbocycles. The molecule has 1 atom stereocenters. The number of nitrogens with one attached hydrogen (secondary N) is 1. The second-order valence-electron chi connectivity index (χ2n) is 1.70. The number of aliphatic hydroxyl groups excluding tert-OH is 1. The highest BCUT2D eigenvalue weighted by Crippen LogP contribution is 1.84. The molecular formula is C3H9ClN2O3S. The molecule has 0 fully saturated rings. The van der Waals surface area contributed by atoms with Crippen LogP contribution >= 0.6 is 11.6 Å². The number of hydrogen-bond donors (Lipinski definition) is 3. The van der Waals surface area contributed by atoms with Crippen molar-refractivity contribution in [1.82, 2.24) is 4.72 Å². The fraction of sp³-hybridized carbons (Fsp3) is 1.00. The summed E-state index contributed by atoms with van der Waals surface area (Å²) in [7, 11) is -3.70. The van der Waals surface area contributed by atoms with Gasteiger partial charge in [-0.05, 0) is 0 Å². The predicted molar refractivity (Wildman–Crippen MR) is 37.8 cm³/mol. The molecule has 0 saturated heterocycles. The van der Waals surface area contributed by atoms with Crippen molar-refractivity contribution in [3.8, 4) is 0 Å². The molecule has 62 valence electrons. The molecule has 0 amide bonds. The minimum Gasteiger partial charge on any atom is -0.391 e. The number of halogens is 1. The topological polar surface area (TPSA) is 92.4 Å². The van der Waals surface area contributed by atoms with Gasteiger partial charge in [0.25, 0.3) is 10.2 Å². The molecule has 0 radical (unpaired) electrons. The first kappa shape index (κ1) is 10.1. The van der Waals surface area contributed by atoms with Crippen LogP contribution in [0.4, 0.5) is 0 Å². The SMILES string of the molecule is NS(=O)(=O)NCC(O)CCl. The van der Waals surface area contributed by atoms with Gasteiger partial charge >= 0.3 is 0 Å². The minimum atomic E-state index is -3.70. The van der Waals surface area contributed by atoms with Gasteiger partial charge in [-0.1, -0.05) is 0 Å². The lowest BCUT2D eigenvalue weighted by Gasteiger charge is -2.05. The largest absolute Gasteiger partial charge is 0.391 e. The molecule has 0 bridgehead atoms. The smallest absolute Gasteiger partial charge is 0.274 e. The molecule has 0 aliphatic heterocycles. The Hall–Kier alpha value is 0.120. The number of rotatable bonds is 4. The van der Waals surface area contributed by atoms with E-state index in [0.717, 1.165) is 0 Å². The third-order valence-electron chi connectivity index (χ3n) is 0.698. The molecule has 0 rings (SSSR count). The zero-order valence-corrected chi connectivity index (χ0v) is 6.69. The number of nitrogens with two attached hydrogens (primary N) is 1. The van der Waals surface area contributed by atoms with E-state index in [4.69, 9.17) is 16.7 Å². The van der Waals surface area contributed by atoms with Crippen LogP contribution in [-0.4, -0.2) is 32.1 Å². The lowest BCUT2D eigenvalue weighted by atomic mass is 10.4. The molecule has 0 aliphatic carbocycles. The summed E-state index contributed by atoms with van der Waals surface area (Å²) in [4.78, 5) is 0. The molecule has 1 unspecified atom stereocenters. The van der Waals surface area contributed by atoms with Crippen LogP contribution in [0, 0.1) is 0 Å². The summed E-state index contributed by atoms with van der Waals surface area (Å²) in [6.45, 7) is -0.150. The summed E-state index contributed by atoms with van der Waals surface area (Å²) in [5.41, 5.74) is 0. The van der Waals surface area contributed by atoms with Crippen molar-refractivity contribution in [2.24, 2.45) is 5.14 Å². The van der Waals surface area contributed by atoms with Crippen molar-refractivity contribution in [2.75, 3.05) is 12.4 Å². The first-order valence-electron chi connectivity index (χ1n) is 2.47. The fourth-order valence-electron chi connectivity index (χ4n) is 0.267. The summed E-state index contributed by atoms with van der Waals surface area (Å²) in [6, 6.07) is 0. The summed E-state index contributed by atoms with van der Waals surface area (Å²) in [6.07, 6.45) is -0.889. The quantitative estimate of drug-likeness (QED) is 0.463. The summed E-state index contributed by atoms with van der Waals surface area (Å²) >= 11 is 5.16. The van der Waals surface area contributed by atoms with Gasteiger partial charge in [-0.2, -0.15) is 13.1 Å². The van der Waals surface area contributed by atoms with Crippen LogP contribution in [-0.2, 0) is 10.2 Å². The number of aliphatic hydroxyl groups is 1. The van der Waals surface area contributed by atoms with Gasteiger partial charge in [-0.25, -0.2) is 5.14 Å². The molecular weight excluding hydrogens is 180 g/mol. The minimum absolute atomic E-state index is 0.0253. The summed E-state index contributed by atoms with van der Waals surface area (Å²) in [5, 5.41) is 13.3. The molecule has 0 heterocycles. The number of hydrogen-bond acceptors (Lipinski definition) is 3. The van der Waals surface area contributed by atoms with Crippen LogP contribution < -0.4 is 9.86 Å². The van der Waals surface area contributed by atoms with E-state index < -0.39 is 16.3 Å². The number of alkyl halides is 1. The van der Waals surface area contributed by atoms with Gasteiger partial charge in [0.1, 0.15) is 0 Å². The molecule has 4 N–H and O–H groups in total. The van der Waals surface area contributed by atoms with Gasteiger partial charge in [-0.3, -0.25) is 0 Å². The highest BCUT2D eigenvalue weighted by molar-refractivity contribution is 7.87. The second kappa shape index (κ2) is 4.09. The highest BCUT2D eigenvalue weighted by atomic mass is 35.5. The average molecular weight is 189 g/mol. The molecule has 0 saturated carbocycles. The van der Waals surface area contributed by atoms with E-state index in [9.17, 15) is 8.42 Å². The third kappa shape index (κ3) is 6.24. The Morgan fingerprint density at radius 3 is 2.50 bits per heavy atom. The van der Waals surface area contributed by atoms with Crippen molar-refractivity contribution in [2.45, 2.75) is 6.10 Å². The first-order valence-corrected chi connectivity index (χ1v) is 4.55. The van der Waals surface area contributed by atoms with Crippen LogP contribution in [0.25, 0.3) is 0 Å². The standard InChI is InChI=1S/C3H9ClN2O3S/c4-1-3(7)2-6-10(5,8)9/h3,6-7H,1-2H2,(H2,5,8,9). The lowest BCUT2D eigenvalue weighted by molar-refractivity contribution is 0.202. The van der Waals surface area contributed by atoms with Crippen molar-refractivity contribution in [1.29, 1.82) is 0 Å². The van der Waals surface area contributed by atoms with Gasteiger partial charge in [0.2, 0.25) is 0 Å². The van der Waals surface area contributed by atoms with E-state index in [-0.39, 0.29) is 12.4 Å². The van der Waals surface area contributed by atoms with E-state index in [1.165, 1.54) is 0 Å². The van der Waals surface area contributed by atoms with Crippen LogP contribution in [0.5, 0.6) is 0 Å². The van der Waals surface area contributed by atoms with Crippen LogP contribution in [0.2, 0.25) is 0 Å². The van der Waals surface area contributed by atoms with E-state index in [0.29, 0.717) is 0 Å². The summed E-state index contributed by atoms with van der Waals surface area (Å²) < 4.78 is 22.2. The average Bonchev–Trinajstić information content (AvgIpc) is 1.81. The van der Waals surface area contributed by atoms with E-state index in [2.05, 4.69) is 5.14 Å². The Labute approximate surface area is 64.4 Å². The maximum atomic E-state index is 10.2. The Morgan fingerprint density at radius 1 is 1.70 bits per heavy atom. The van der Waals surface area contributed by atoms with Gasteiger partial charge in [-0.15, -0.1) is 11.6 Å². The van der Waals surface area contributed by atoms with Crippen molar-refractivity contribution in [3.05, 3.63) is 0 Å². The third-order valence-corrected chi connectivity index (χ3v) is 1.62. The monoisotopic (exact) mass is 188 g/mol. The fourth-order valence-corrected chi connectivity index (χ4v) is 0.801. The Morgan fingerprint density at radius 2 is 2.20 bits per heavy atom. The van der Waals surface area contributed by atoms with Gasteiger partial charge in [0, 0.05) is 12.4 Å². The highest BCUT2D eigenvalue weighted by Gasteiger charge is 2.05. The molecule has 5 nitrogen and oxygen atoms in total. The van der Waals surface area contributed by atoms with E-state index in [1.54, 1.807) is 0 Å². The Bertz CT molecular complexity index is 180. The lowest BCUT2D eigenvalue weighted by Crippen LogP contribution is -2.37. The molecule has 0 aliphatic rings. The summed E-state index contributed by atoms with van der Waals surface area (Å²) in [5.74, 6) is -0.0253. The van der Waals surface area contributed by atoms with Gasteiger partial charge in [0.15, 0.2) is 0 Å². The normalized spacial score (nSPS) is 15.1. The van der Waals surface area contributed by atoms with Crippen molar-refractivity contribution >= 4 is 21.8 Å².